The highest BCUT2D eigenvalue weighted by atomic mass is 14.9. The van der Waals surface area contributed by atoms with Crippen molar-refractivity contribution in [3.63, 3.8) is 0 Å². The van der Waals surface area contributed by atoms with Crippen LogP contribution >= 0.6 is 0 Å². The number of rotatable bonds is 5. The van der Waals surface area contributed by atoms with Crippen LogP contribution in [0.1, 0.15) is 121 Å². The highest BCUT2D eigenvalue weighted by Gasteiger charge is 2.29. The van der Waals surface area contributed by atoms with E-state index in [0.717, 1.165) is 55.9 Å². The van der Waals surface area contributed by atoms with Crippen LogP contribution in [-0.2, 0) is 7.05 Å². The number of aromatic nitrogens is 1. The van der Waals surface area contributed by atoms with Gasteiger partial charge in [0.05, 0.1) is 0 Å². The maximum absolute atomic E-state index is 9.64. The van der Waals surface area contributed by atoms with E-state index in [1.165, 1.54) is 95.7 Å². The van der Waals surface area contributed by atoms with Crippen LogP contribution in [0.4, 0.5) is 0 Å². The summed E-state index contributed by atoms with van der Waals surface area (Å²) in [6.45, 7) is 2.19. The van der Waals surface area contributed by atoms with Crippen LogP contribution in [0.3, 0.4) is 0 Å². The Hall–Kier alpha value is -2.93. The maximum atomic E-state index is 9.64. The van der Waals surface area contributed by atoms with E-state index in [0.29, 0.717) is 0 Å². The van der Waals surface area contributed by atoms with Crippen molar-refractivity contribution in [1.29, 1.82) is 0 Å². The van der Waals surface area contributed by atoms with Crippen molar-refractivity contribution >= 4 is 10.8 Å². The smallest absolute Gasteiger partial charge is 0.201 e. The van der Waals surface area contributed by atoms with Crippen molar-refractivity contribution in [2.45, 2.75) is 109 Å². The van der Waals surface area contributed by atoms with Crippen molar-refractivity contribution in [2.24, 2.45) is 18.9 Å². The summed E-state index contributed by atoms with van der Waals surface area (Å²) in [5, 5.41) is 2.46. The zero-order valence-corrected chi connectivity index (χ0v) is 25.9. The first-order valence-electron chi connectivity index (χ1n) is 18.0. The van der Waals surface area contributed by atoms with Gasteiger partial charge in [-0.3, -0.25) is 0 Å². The molecule has 3 saturated carbocycles. The molecule has 42 heavy (non-hydrogen) atoms. The fourth-order valence-corrected chi connectivity index (χ4v) is 8.53. The molecule has 0 atom stereocenters. The molecule has 7 rings (SSSR count). The predicted octanol–water partition coefficient (Wildman–Crippen LogP) is 11.2. The number of pyridine rings is 1. The summed E-state index contributed by atoms with van der Waals surface area (Å²) in [4.78, 5) is 0. The molecule has 1 heteroatoms. The standard InChI is InChI=1S/C41H50N/c1-29-11-9-10-16-38(29)41-27-39(40(28-42(41)2)33-14-7-4-8-15-33)37-24-23-35-25-34(21-22-36(35)26-37)32-19-17-31(18-20-32)30-12-5-3-6-13-30/h9-11,16,21-28,30-33H,3-8,12-15,17-20H2,1-2H3/q+1/i32D,33D. The van der Waals surface area contributed by atoms with Crippen LogP contribution in [-0.4, -0.2) is 0 Å². The lowest BCUT2D eigenvalue weighted by atomic mass is 9.70. The molecule has 0 amide bonds. The van der Waals surface area contributed by atoms with Gasteiger partial charge in [-0.1, -0.05) is 99.9 Å². The summed E-state index contributed by atoms with van der Waals surface area (Å²) in [5.41, 5.74) is 8.45. The lowest BCUT2D eigenvalue weighted by Crippen LogP contribution is -2.32. The lowest BCUT2D eigenvalue weighted by Gasteiger charge is -2.36. The number of hydrogen-bond donors (Lipinski definition) is 0. The number of benzene rings is 3. The molecule has 4 aromatic rings. The molecule has 0 aliphatic heterocycles. The van der Waals surface area contributed by atoms with Gasteiger partial charge in [0, 0.05) is 19.9 Å². The minimum atomic E-state index is -0.553. The first kappa shape index (κ1) is 25.6. The third kappa shape index (κ3) is 5.69. The van der Waals surface area contributed by atoms with Gasteiger partial charge in [0.15, 0.2) is 6.20 Å². The fourth-order valence-electron chi connectivity index (χ4n) is 8.53. The zero-order chi connectivity index (χ0) is 30.3. The molecular formula is C41H50N+. The summed E-state index contributed by atoms with van der Waals surface area (Å²) in [5.74, 6) is 0.743. The molecule has 0 N–H and O–H groups in total. The molecule has 1 nitrogen and oxygen atoms in total. The predicted molar refractivity (Wildman–Crippen MR) is 178 cm³/mol. The molecular weight excluding hydrogens is 506 g/mol. The summed E-state index contributed by atoms with van der Waals surface area (Å²) in [6.07, 6.45) is 19.1. The van der Waals surface area contributed by atoms with Gasteiger partial charge < -0.3 is 0 Å². The molecule has 0 bridgehead atoms. The molecule has 1 aromatic heterocycles. The van der Waals surface area contributed by atoms with Gasteiger partial charge in [-0.05, 0) is 114 Å². The highest BCUT2D eigenvalue weighted by molar-refractivity contribution is 5.89. The Morgan fingerprint density at radius 2 is 1.29 bits per heavy atom. The number of fused-ring (bicyclic) bond motifs is 1. The summed E-state index contributed by atoms with van der Waals surface area (Å²) in [6, 6.07) is 24.7. The van der Waals surface area contributed by atoms with Crippen molar-refractivity contribution in [3.8, 4) is 22.4 Å². The van der Waals surface area contributed by atoms with Gasteiger partial charge in [0.2, 0.25) is 5.69 Å². The Labute approximate surface area is 257 Å². The van der Waals surface area contributed by atoms with E-state index in [1.54, 1.807) is 0 Å². The molecule has 1 heterocycles. The van der Waals surface area contributed by atoms with Gasteiger partial charge >= 0.3 is 0 Å². The molecule has 0 spiro atoms. The van der Waals surface area contributed by atoms with Gasteiger partial charge in [0.1, 0.15) is 7.05 Å². The van der Waals surface area contributed by atoms with E-state index < -0.39 is 11.8 Å². The summed E-state index contributed by atoms with van der Waals surface area (Å²) in [7, 11) is 2.14. The van der Waals surface area contributed by atoms with E-state index >= 15 is 0 Å². The molecule has 3 fully saturated rings. The minimum absolute atomic E-state index is 0.458. The van der Waals surface area contributed by atoms with Crippen molar-refractivity contribution < 1.29 is 7.31 Å². The second kappa shape index (κ2) is 12.4. The topological polar surface area (TPSA) is 3.88 Å². The normalized spacial score (nSPS) is 25.6. The molecule has 0 saturated heterocycles. The van der Waals surface area contributed by atoms with Crippen molar-refractivity contribution in [3.05, 3.63) is 89.6 Å². The summed E-state index contributed by atoms with van der Waals surface area (Å²) < 4.78 is 21.4. The fraction of sp³-hybridized carbons (Fsp3) is 0.488. The Bertz CT molecular complexity index is 1630. The molecule has 3 aromatic carbocycles. The van der Waals surface area contributed by atoms with Crippen LogP contribution in [0.2, 0.25) is 0 Å². The third-order valence-corrected chi connectivity index (χ3v) is 11.0. The van der Waals surface area contributed by atoms with Crippen molar-refractivity contribution in [2.75, 3.05) is 0 Å². The average molecular weight is 559 g/mol. The van der Waals surface area contributed by atoms with E-state index in [-0.39, 0.29) is 0 Å². The Morgan fingerprint density at radius 1 is 0.619 bits per heavy atom. The van der Waals surface area contributed by atoms with Crippen LogP contribution in [0.15, 0.2) is 72.9 Å². The molecule has 218 valence electrons. The Balaban J connectivity index is 1.23. The second-order valence-corrected chi connectivity index (χ2v) is 13.7. The van der Waals surface area contributed by atoms with E-state index in [2.05, 4.69) is 91.5 Å². The second-order valence-electron chi connectivity index (χ2n) is 13.7. The van der Waals surface area contributed by atoms with Gasteiger partial charge in [-0.2, -0.15) is 0 Å². The van der Waals surface area contributed by atoms with E-state index in [9.17, 15) is 2.74 Å². The first-order valence-corrected chi connectivity index (χ1v) is 17.0. The maximum Gasteiger partial charge on any atom is 0.213 e. The van der Waals surface area contributed by atoms with Crippen LogP contribution in [0, 0.1) is 18.8 Å². The molecule has 3 aliphatic rings. The Morgan fingerprint density at radius 3 is 2.05 bits per heavy atom. The van der Waals surface area contributed by atoms with Crippen LogP contribution < -0.4 is 4.57 Å². The van der Waals surface area contributed by atoms with Gasteiger partial charge in [0.25, 0.3) is 0 Å². The number of hydrogen-bond acceptors (Lipinski definition) is 0. The largest absolute Gasteiger partial charge is 0.213 e. The quantitative estimate of drug-likeness (QED) is 0.214. The van der Waals surface area contributed by atoms with Gasteiger partial charge in [-0.15, -0.1) is 0 Å². The molecule has 3 aliphatic carbocycles. The molecule has 0 radical (unpaired) electrons. The first-order chi connectivity index (χ1) is 21.3. The van der Waals surface area contributed by atoms with Crippen molar-refractivity contribution in [1.82, 2.24) is 0 Å². The zero-order valence-electron chi connectivity index (χ0n) is 27.9. The minimum Gasteiger partial charge on any atom is -0.201 e. The van der Waals surface area contributed by atoms with Crippen LogP contribution in [0.25, 0.3) is 33.2 Å². The highest BCUT2D eigenvalue weighted by Crippen LogP contribution is 2.44. The van der Waals surface area contributed by atoms with E-state index in [1.807, 2.05) is 0 Å². The molecule has 0 unspecified atom stereocenters. The lowest BCUT2D eigenvalue weighted by molar-refractivity contribution is -0.660. The monoisotopic (exact) mass is 558 g/mol. The SMILES string of the molecule is [2H]C1(c2ccc3cc(-c4cc(-c5ccccc5C)[n+](C)cc4C4([2H])CCCCC4)ccc3c2)CCC(C2CCCCC2)CC1. The number of nitrogens with zero attached hydrogens (tertiary/aromatic N) is 1. The van der Waals surface area contributed by atoms with Gasteiger partial charge in [-0.25, -0.2) is 4.57 Å². The Kier molecular flexibility index (Phi) is 7.52. The number of aryl methyl sites for hydroxylation is 2. The summed E-state index contributed by atoms with van der Waals surface area (Å²) >= 11 is 0. The average Bonchev–Trinajstić information content (AvgIpc) is 3.06. The third-order valence-electron chi connectivity index (χ3n) is 11.0. The van der Waals surface area contributed by atoms with Crippen LogP contribution in [0.5, 0.6) is 0 Å². The van der Waals surface area contributed by atoms with E-state index in [4.69, 9.17) is 0 Å².